The number of hydrogen-bond donors (Lipinski definition) is 2. The van der Waals surface area contributed by atoms with E-state index < -0.39 is 9.84 Å². The number of nitrogen functional groups attached to an aromatic ring is 1. The van der Waals surface area contributed by atoms with Crippen LogP contribution in [0.2, 0.25) is 0 Å². The number of aryl methyl sites for hydroxylation is 1. The van der Waals surface area contributed by atoms with Gasteiger partial charge >= 0.3 is 0 Å². The quantitative estimate of drug-likeness (QED) is 0.716. The monoisotopic (exact) mass is 298 g/mol. The topological polar surface area (TPSA) is 117 Å². The first-order chi connectivity index (χ1) is 9.42. The van der Waals surface area contributed by atoms with E-state index in [0.717, 1.165) is 32.4 Å². The van der Waals surface area contributed by atoms with Crippen LogP contribution in [0.3, 0.4) is 0 Å². The number of rotatable bonds is 4. The molecular formula is C11H18N6O2S. The molecule has 0 amide bonds. The molecule has 3 N–H and O–H groups in total. The molecule has 2 rings (SSSR count). The molecule has 8 nitrogen and oxygen atoms in total. The van der Waals surface area contributed by atoms with Crippen LogP contribution < -0.4 is 16.0 Å². The van der Waals surface area contributed by atoms with E-state index in [1.807, 2.05) is 4.90 Å². The smallest absolute Gasteiger partial charge is 0.171 e. The fourth-order valence-electron chi connectivity index (χ4n) is 2.09. The number of nitrogens with one attached hydrogen (secondary N) is 1. The highest BCUT2D eigenvalue weighted by Crippen LogP contribution is 2.24. The number of piperazine rings is 1. The van der Waals surface area contributed by atoms with Crippen LogP contribution in [-0.2, 0) is 16.4 Å². The van der Waals surface area contributed by atoms with Crippen molar-refractivity contribution in [3.05, 3.63) is 5.56 Å². The van der Waals surface area contributed by atoms with Gasteiger partial charge in [0.05, 0.1) is 12.3 Å². The fraction of sp³-hybridized carbons (Fsp3) is 0.636. The van der Waals surface area contributed by atoms with Crippen molar-refractivity contribution in [2.24, 2.45) is 0 Å². The molecule has 0 saturated carbocycles. The van der Waals surface area contributed by atoms with Gasteiger partial charge in [-0.3, -0.25) is 0 Å². The van der Waals surface area contributed by atoms with E-state index in [4.69, 9.17) is 5.73 Å². The Hall–Kier alpha value is -1.79. The summed E-state index contributed by atoms with van der Waals surface area (Å²) in [5.41, 5.74) is 6.21. The normalized spacial score (nSPS) is 16.1. The average molecular weight is 298 g/mol. The Morgan fingerprint density at radius 3 is 2.65 bits per heavy atom. The van der Waals surface area contributed by atoms with E-state index in [-0.39, 0.29) is 18.1 Å². The first kappa shape index (κ1) is 14.6. The van der Waals surface area contributed by atoms with Gasteiger partial charge in [-0.1, -0.05) is 0 Å². The summed E-state index contributed by atoms with van der Waals surface area (Å²) in [6.45, 7) is 3.29. The van der Waals surface area contributed by atoms with E-state index in [1.165, 1.54) is 4.68 Å². The number of anilines is 2. The molecule has 110 valence electrons. The Balaban J connectivity index is 2.26. The van der Waals surface area contributed by atoms with Gasteiger partial charge in [0.2, 0.25) is 0 Å². The van der Waals surface area contributed by atoms with Crippen LogP contribution in [0, 0.1) is 11.3 Å². The van der Waals surface area contributed by atoms with Crippen molar-refractivity contribution in [3.8, 4) is 6.07 Å². The van der Waals surface area contributed by atoms with Crippen LogP contribution in [0.1, 0.15) is 5.56 Å². The number of nitrogens with zero attached hydrogens (tertiary/aromatic N) is 4. The Kier molecular flexibility index (Phi) is 4.15. The molecule has 1 fully saturated rings. The van der Waals surface area contributed by atoms with Crippen molar-refractivity contribution >= 4 is 21.5 Å². The average Bonchev–Trinajstić information content (AvgIpc) is 2.73. The Morgan fingerprint density at radius 1 is 1.45 bits per heavy atom. The predicted molar refractivity (Wildman–Crippen MR) is 76.1 cm³/mol. The summed E-state index contributed by atoms with van der Waals surface area (Å²) in [6, 6.07) is 2.06. The molecule has 1 aromatic heterocycles. The molecule has 0 aliphatic carbocycles. The number of nitriles is 1. The maximum Gasteiger partial charge on any atom is 0.171 e. The molecule has 0 bridgehead atoms. The first-order valence-corrected chi connectivity index (χ1v) is 8.38. The molecule has 1 aromatic rings. The lowest BCUT2D eigenvalue weighted by molar-refractivity contribution is 0.572. The first-order valence-electron chi connectivity index (χ1n) is 6.32. The molecule has 20 heavy (non-hydrogen) atoms. The number of sulfone groups is 1. The van der Waals surface area contributed by atoms with Gasteiger partial charge in [-0.25, -0.2) is 13.1 Å². The molecule has 1 saturated heterocycles. The van der Waals surface area contributed by atoms with E-state index >= 15 is 0 Å². The Labute approximate surface area is 118 Å². The van der Waals surface area contributed by atoms with Crippen LogP contribution in [0.4, 0.5) is 11.6 Å². The van der Waals surface area contributed by atoms with Gasteiger partial charge < -0.3 is 16.0 Å². The van der Waals surface area contributed by atoms with E-state index in [0.29, 0.717) is 11.4 Å². The molecule has 2 heterocycles. The second kappa shape index (κ2) is 5.68. The van der Waals surface area contributed by atoms with Gasteiger partial charge in [0.25, 0.3) is 0 Å². The van der Waals surface area contributed by atoms with Crippen molar-refractivity contribution < 1.29 is 8.42 Å². The molecule has 0 unspecified atom stereocenters. The Bertz CT molecular complexity index is 624. The Morgan fingerprint density at radius 2 is 2.10 bits per heavy atom. The zero-order chi connectivity index (χ0) is 14.8. The van der Waals surface area contributed by atoms with Crippen molar-refractivity contribution in [3.63, 3.8) is 0 Å². The highest BCUT2D eigenvalue weighted by Gasteiger charge is 2.22. The van der Waals surface area contributed by atoms with Crippen molar-refractivity contribution in [1.82, 2.24) is 15.1 Å². The summed E-state index contributed by atoms with van der Waals surface area (Å²) in [4.78, 5) is 1.99. The van der Waals surface area contributed by atoms with Gasteiger partial charge in [0, 0.05) is 32.4 Å². The van der Waals surface area contributed by atoms with Crippen LogP contribution in [0.15, 0.2) is 0 Å². The summed E-state index contributed by atoms with van der Waals surface area (Å²) in [7, 11) is -3.10. The maximum absolute atomic E-state index is 11.2. The second-order valence-corrected chi connectivity index (χ2v) is 7.05. The van der Waals surface area contributed by atoms with E-state index in [9.17, 15) is 13.7 Å². The zero-order valence-electron chi connectivity index (χ0n) is 11.3. The second-order valence-electron chi connectivity index (χ2n) is 4.79. The van der Waals surface area contributed by atoms with Gasteiger partial charge in [-0.05, 0) is 0 Å². The maximum atomic E-state index is 11.2. The van der Waals surface area contributed by atoms with Crippen LogP contribution in [0.5, 0.6) is 0 Å². The minimum Gasteiger partial charge on any atom is -0.383 e. The summed E-state index contributed by atoms with van der Waals surface area (Å²) in [6.07, 6.45) is 1.16. The molecule has 0 spiro atoms. The van der Waals surface area contributed by atoms with E-state index in [1.54, 1.807) is 0 Å². The van der Waals surface area contributed by atoms with Gasteiger partial charge in [0.15, 0.2) is 5.82 Å². The number of nitrogens with two attached hydrogens (primary N) is 1. The lowest BCUT2D eigenvalue weighted by Crippen LogP contribution is -2.44. The molecule has 0 aromatic carbocycles. The van der Waals surface area contributed by atoms with E-state index in [2.05, 4.69) is 16.5 Å². The summed E-state index contributed by atoms with van der Waals surface area (Å²) in [5, 5.41) is 16.8. The standard InChI is InChI=1S/C11H18N6O2S/c1-20(18,19)7-6-17-10(13)9(8-12)11(15-17)16-4-2-14-3-5-16/h14H,2-7,13H2,1H3. The van der Waals surface area contributed by atoms with Crippen molar-refractivity contribution in [2.75, 3.05) is 48.8 Å². The largest absolute Gasteiger partial charge is 0.383 e. The third-order valence-corrected chi connectivity index (χ3v) is 4.10. The van der Waals surface area contributed by atoms with Gasteiger partial charge in [-0.15, -0.1) is 0 Å². The molecule has 1 aliphatic heterocycles. The highest BCUT2D eigenvalue weighted by atomic mass is 32.2. The minimum absolute atomic E-state index is 0.0508. The van der Waals surface area contributed by atoms with Crippen LogP contribution in [0.25, 0.3) is 0 Å². The molecule has 1 aliphatic rings. The summed E-state index contributed by atoms with van der Waals surface area (Å²) >= 11 is 0. The van der Waals surface area contributed by atoms with Crippen molar-refractivity contribution in [2.45, 2.75) is 6.54 Å². The molecule has 0 radical (unpaired) electrons. The molecule has 0 atom stereocenters. The fourth-order valence-corrected chi connectivity index (χ4v) is 2.59. The van der Waals surface area contributed by atoms with Crippen molar-refractivity contribution in [1.29, 1.82) is 5.26 Å². The number of hydrogen-bond acceptors (Lipinski definition) is 7. The lowest BCUT2D eigenvalue weighted by Gasteiger charge is -2.27. The predicted octanol–water partition coefficient (Wildman–Crippen LogP) is -1.21. The molecular weight excluding hydrogens is 280 g/mol. The van der Waals surface area contributed by atoms with Crippen LogP contribution in [-0.4, -0.2) is 56.4 Å². The van der Waals surface area contributed by atoms with Gasteiger partial charge in [-0.2, -0.15) is 10.4 Å². The zero-order valence-corrected chi connectivity index (χ0v) is 12.2. The number of aromatic nitrogens is 2. The summed E-state index contributed by atoms with van der Waals surface area (Å²) in [5.74, 6) is 0.717. The lowest BCUT2D eigenvalue weighted by atomic mass is 10.2. The molecule has 9 heteroatoms. The SMILES string of the molecule is CS(=O)(=O)CCn1nc(N2CCNCC2)c(C#N)c1N. The third-order valence-electron chi connectivity index (χ3n) is 3.18. The van der Waals surface area contributed by atoms with Crippen LogP contribution >= 0.6 is 0 Å². The highest BCUT2D eigenvalue weighted by molar-refractivity contribution is 7.90. The van der Waals surface area contributed by atoms with Gasteiger partial charge in [0.1, 0.15) is 27.3 Å². The minimum atomic E-state index is -3.10. The third kappa shape index (κ3) is 3.20. The summed E-state index contributed by atoms with van der Waals surface area (Å²) < 4.78 is 23.8.